The predicted octanol–water partition coefficient (Wildman–Crippen LogP) is 5.19. The van der Waals surface area contributed by atoms with E-state index in [2.05, 4.69) is 29.5 Å². The van der Waals surface area contributed by atoms with Gasteiger partial charge in [0.05, 0.1) is 48.7 Å². The van der Waals surface area contributed by atoms with Gasteiger partial charge in [-0.3, -0.25) is 24.1 Å². The van der Waals surface area contributed by atoms with Gasteiger partial charge in [0.2, 0.25) is 23.6 Å². The summed E-state index contributed by atoms with van der Waals surface area (Å²) in [6.07, 6.45) is 3.49. The van der Waals surface area contributed by atoms with Crippen LogP contribution in [0.3, 0.4) is 0 Å². The lowest BCUT2D eigenvalue weighted by Crippen LogP contribution is -2.59. The van der Waals surface area contributed by atoms with Crippen LogP contribution in [-0.4, -0.2) is 122 Å². The number of nitrogens with zero attached hydrogens (tertiary/aromatic N) is 4. The highest BCUT2D eigenvalue weighted by Crippen LogP contribution is 2.30. The third-order valence-corrected chi connectivity index (χ3v) is 12.2. The Kier molecular flexibility index (Phi) is 18.2. The molecule has 9 atom stereocenters. The van der Waals surface area contributed by atoms with Crippen molar-refractivity contribution in [2.75, 3.05) is 41.9 Å². The first kappa shape index (κ1) is 46.0. The van der Waals surface area contributed by atoms with E-state index in [9.17, 15) is 19.2 Å². The van der Waals surface area contributed by atoms with Gasteiger partial charge in [0.15, 0.2) is 0 Å². The summed E-state index contributed by atoms with van der Waals surface area (Å²) >= 11 is 1.51. The maximum absolute atomic E-state index is 14.3. The molecule has 0 aliphatic carbocycles. The van der Waals surface area contributed by atoms with Crippen LogP contribution in [0.15, 0.2) is 41.9 Å². The lowest BCUT2D eigenvalue weighted by molar-refractivity contribution is -0.148. The summed E-state index contributed by atoms with van der Waals surface area (Å²) < 4.78 is 12.1. The Hall–Kier alpha value is -3.39. The number of rotatable bonds is 21. The molecule has 308 valence electrons. The van der Waals surface area contributed by atoms with Crippen LogP contribution in [0.1, 0.15) is 90.8 Å². The molecule has 0 radical (unpaired) electrons. The van der Waals surface area contributed by atoms with Gasteiger partial charge in [-0.1, -0.05) is 85.2 Å². The molecule has 1 fully saturated rings. The Morgan fingerprint density at radius 3 is 2.15 bits per heavy atom. The third kappa shape index (κ3) is 12.1. The minimum atomic E-state index is -0.751. The number of methoxy groups -OCH3 is 2. The Balaban J connectivity index is 1.79. The topological polar surface area (TPSA) is 133 Å². The van der Waals surface area contributed by atoms with Gasteiger partial charge in [-0.05, 0) is 56.7 Å². The highest BCUT2D eigenvalue weighted by molar-refractivity contribution is 7.09. The van der Waals surface area contributed by atoms with Gasteiger partial charge in [0.25, 0.3) is 0 Å². The minimum absolute atomic E-state index is 0.00751. The SMILES string of the molecule is CCC(C)[C@H]([C@@H](CC(=O)N1CCC[C@H]1[C@H](OC)[C@H](C)C(=O)N[C@@H](Cc1ccccc1)c1nccs1)OC)N(C)C(=O)[C@@H](NC(=O)[C@H](C(C)C)N(C)C)C(C)C. The van der Waals surface area contributed by atoms with Gasteiger partial charge in [-0.15, -0.1) is 11.3 Å². The number of ether oxygens (including phenoxy) is 2. The monoisotopic (exact) mass is 784 g/mol. The predicted molar refractivity (Wildman–Crippen MR) is 218 cm³/mol. The van der Waals surface area contributed by atoms with Crippen molar-refractivity contribution in [3.8, 4) is 0 Å². The summed E-state index contributed by atoms with van der Waals surface area (Å²) in [6, 6.07) is 7.83. The van der Waals surface area contributed by atoms with Crippen molar-refractivity contribution < 1.29 is 28.7 Å². The Labute approximate surface area is 334 Å². The molecule has 1 aliphatic rings. The quantitative estimate of drug-likeness (QED) is 0.177. The van der Waals surface area contributed by atoms with E-state index < -0.39 is 30.2 Å². The fraction of sp³-hybridized carbons (Fsp3) is 0.690. The molecule has 4 amide bonds. The largest absolute Gasteiger partial charge is 0.379 e. The maximum Gasteiger partial charge on any atom is 0.245 e. The second kappa shape index (κ2) is 21.8. The van der Waals surface area contributed by atoms with Crippen molar-refractivity contribution in [2.45, 2.75) is 123 Å². The molecule has 0 saturated carbocycles. The number of likely N-dealkylation sites (tertiary alicyclic amines) is 1. The van der Waals surface area contributed by atoms with E-state index in [1.807, 2.05) is 94.2 Å². The minimum Gasteiger partial charge on any atom is -0.379 e. The van der Waals surface area contributed by atoms with Crippen molar-refractivity contribution in [1.29, 1.82) is 0 Å². The second-order valence-corrected chi connectivity index (χ2v) is 17.0. The molecule has 0 bridgehead atoms. The molecule has 1 aliphatic heterocycles. The molecule has 12 nitrogen and oxygen atoms in total. The molecule has 1 aromatic heterocycles. The molecule has 2 heterocycles. The number of likely N-dealkylation sites (N-methyl/N-ethyl adjacent to an activating group) is 2. The van der Waals surface area contributed by atoms with Crippen LogP contribution in [0.2, 0.25) is 0 Å². The highest BCUT2D eigenvalue weighted by atomic mass is 32.1. The molecule has 0 spiro atoms. The smallest absolute Gasteiger partial charge is 0.245 e. The summed E-state index contributed by atoms with van der Waals surface area (Å²) in [5.41, 5.74) is 1.09. The molecular weight excluding hydrogens is 717 g/mol. The molecule has 13 heteroatoms. The number of aromatic nitrogens is 1. The van der Waals surface area contributed by atoms with Crippen LogP contribution in [0.5, 0.6) is 0 Å². The van der Waals surface area contributed by atoms with Crippen molar-refractivity contribution in [3.05, 3.63) is 52.5 Å². The van der Waals surface area contributed by atoms with Crippen molar-refractivity contribution in [3.63, 3.8) is 0 Å². The molecule has 55 heavy (non-hydrogen) atoms. The van der Waals surface area contributed by atoms with Gasteiger partial charge in [-0.2, -0.15) is 0 Å². The van der Waals surface area contributed by atoms with Crippen LogP contribution >= 0.6 is 11.3 Å². The number of nitrogens with one attached hydrogen (secondary N) is 2. The number of thiazole rings is 1. The van der Waals surface area contributed by atoms with E-state index in [-0.39, 0.29) is 65.9 Å². The lowest BCUT2D eigenvalue weighted by Gasteiger charge is -2.41. The Bertz CT molecular complexity index is 1480. The van der Waals surface area contributed by atoms with Crippen molar-refractivity contribution >= 4 is 35.0 Å². The maximum atomic E-state index is 14.3. The van der Waals surface area contributed by atoms with E-state index in [4.69, 9.17) is 9.47 Å². The average molecular weight is 785 g/mol. The zero-order valence-electron chi connectivity index (χ0n) is 35.3. The summed E-state index contributed by atoms with van der Waals surface area (Å²) in [5.74, 6) is -1.35. The number of amides is 4. The Morgan fingerprint density at radius 1 is 0.945 bits per heavy atom. The van der Waals surface area contributed by atoms with Gasteiger partial charge in [-0.25, -0.2) is 4.98 Å². The number of benzene rings is 1. The molecule has 3 rings (SSSR count). The van der Waals surface area contributed by atoms with Crippen molar-refractivity contribution in [2.24, 2.45) is 23.7 Å². The van der Waals surface area contributed by atoms with E-state index >= 15 is 0 Å². The van der Waals surface area contributed by atoms with Crippen LogP contribution in [0.4, 0.5) is 0 Å². The fourth-order valence-electron chi connectivity index (χ4n) is 8.17. The normalized spacial score (nSPS) is 19.0. The Morgan fingerprint density at radius 2 is 1.62 bits per heavy atom. The van der Waals surface area contributed by atoms with Gasteiger partial charge >= 0.3 is 0 Å². The van der Waals surface area contributed by atoms with Gasteiger partial charge in [0.1, 0.15) is 11.0 Å². The summed E-state index contributed by atoms with van der Waals surface area (Å²) in [4.78, 5) is 65.8. The second-order valence-electron chi connectivity index (χ2n) is 16.1. The fourth-order valence-corrected chi connectivity index (χ4v) is 8.86. The van der Waals surface area contributed by atoms with Gasteiger partial charge in [0, 0.05) is 39.4 Å². The van der Waals surface area contributed by atoms with E-state index in [0.717, 1.165) is 23.4 Å². The lowest BCUT2D eigenvalue weighted by atomic mass is 9.89. The summed E-state index contributed by atoms with van der Waals surface area (Å²) in [6.45, 7) is 14.3. The average Bonchev–Trinajstić information content (AvgIpc) is 3.87. The van der Waals surface area contributed by atoms with Gasteiger partial charge < -0.3 is 29.9 Å². The van der Waals surface area contributed by atoms with Crippen LogP contribution in [0.25, 0.3) is 0 Å². The molecular formula is C42H68N6O6S. The zero-order valence-corrected chi connectivity index (χ0v) is 36.1. The van der Waals surface area contributed by atoms with Crippen LogP contribution in [0, 0.1) is 23.7 Å². The highest BCUT2D eigenvalue weighted by Gasteiger charge is 2.43. The first-order valence-corrected chi connectivity index (χ1v) is 20.8. The van der Waals surface area contributed by atoms with Crippen molar-refractivity contribution in [1.82, 2.24) is 30.3 Å². The summed E-state index contributed by atoms with van der Waals surface area (Å²) in [7, 11) is 8.66. The van der Waals surface area contributed by atoms with E-state index in [0.29, 0.717) is 19.4 Å². The van der Waals surface area contributed by atoms with Crippen LogP contribution < -0.4 is 10.6 Å². The number of carbonyl (C=O) groups is 4. The molecule has 2 aromatic rings. The molecule has 1 aromatic carbocycles. The molecule has 1 saturated heterocycles. The zero-order chi connectivity index (χ0) is 41.0. The number of carbonyl (C=O) groups excluding carboxylic acids is 4. The number of hydrogen-bond acceptors (Lipinski definition) is 9. The third-order valence-electron chi connectivity index (χ3n) is 11.3. The summed E-state index contributed by atoms with van der Waals surface area (Å²) in [5, 5.41) is 9.02. The molecule has 2 N–H and O–H groups in total. The standard InChI is InChI=1S/C42H68N6O6S/c1-13-28(6)37(47(10)42(52)35(26(2)3)45-40(51)36(27(4)5)46(8)9)33(53-11)25-34(49)48-22-17-20-32(48)38(54-12)29(7)39(50)44-31(41-43-21-23-55-41)24-30-18-15-14-16-19-30/h14-16,18-19,21,23,26-29,31-33,35-38H,13,17,20,22,24-25H2,1-12H3,(H,44,50)(H,45,51)/t28?,29-,31-,32-,33+,35-,36-,37+,38+/m0/s1. The first-order chi connectivity index (χ1) is 26.1. The molecule has 1 unspecified atom stereocenters. The first-order valence-electron chi connectivity index (χ1n) is 19.9. The van der Waals surface area contributed by atoms with E-state index in [1.165, 1.54) is 11.3 Å². The van der Waals surface area contributed by atoms with E-state index in [1.54, 1.807) is 32.4 Å². The van der Waals surface area contributed by atoms with Crippen LogP contribution in [-0.2, 0) is 35.1 Å². The number of hydrogen-bond donors (Lipinski definition) is 2.